The van der Waals surface area contributed by atoms with E-state index in [1.165, 1.54) is 31.9 Å². The zero-order valence-corrected chi connectivity index (χ0v) is 20.2. The number of anilines is 1. The number of hydrogen-bond acceptors (Lipinski definition) is 5. The minimum absolute atomic E-state index is 0.0779. The first kappa shape index (κ1) is 24.0. The van der Waals surface area contributed by atoms with Crippen molar-refractivity contribution in [3.63, 3.8) is 0 Å². The first-order chi connectivity index (χ1) is 15.8. The number of nitrogens with zero attached hydrogens (tertiary/aromatic N) is 2. The number of amides is 2. The molecule has 0 aromatic heterocycles. The molecule has 0 radical (unpaired) electrons. The number of likely N-dealkylation sites (tertiary alicyclic amines) is 1. The van der Waals surface area contributed by atoms with Gasteiger partial charge in [0.15, 0.2) is 0 Å². The first-order valence-corrected chi connectivity index (χ1v) is 13.7. The Bertz CT molecular complexity index is 964. The number of fused-ring (bicyclic) bond motifs is 1. The fourth-order valence-electron chi connectivity index (χ4n) is 5.17. The van der Waals surface area contributed by atoms with Crippen molar-refractivity contribution >= 4 is 27.5 Å². The van der Waals surface area contributed by atoms with Crippen molar-refractivity contribution in [2.75, 3.05) is 37.7 Å². The number of ether oxygens (including phenoxy) is 1. The fourth-order valence-corrected chi connectivity index (χ4v) is 6.30. The standard InChI is InChI=1S/C24H35N3O5S/c1-18(28)27-14-15-32-23-11-10-21(16-22(23)27)33(30,31)25-17-19-6-8-20(9-7-19)24(29)26-12-4-2-3-5-13-26/h10-11,16,19-20,25H,2-9,12-15,17H2,1H3. The monoisotopic (exact) mass is 477 g/mol. The highest BCUT2D eigenvalue weighted by molar-refractivity contribution is 7.89. The predicted molar refractivity (Wildman–Crippen MR) is 126 cm³/mol. The Morgan fingerprint density at radius 3 is 2.39 bits per heavy atom. The zero-order chi connectivity index (χ0) is 23.4. The third kappa shape index (κ3) is 5.69. The van der Waals surface area contributed by atoms with Crippen molar-refractivity contribution in [2.24, 2.45) is 11.8 Å². The highest BCUT2D eigenvalue weighted by Gasteiger charge is 2.31. The molecular formula is C24H35N3O5S. The van der Waals surface area contributed by atoms with Crippen LogP contribution in [0.25, 0.3) is 0 Å². The maximum atomic E-state index is 12.9. The van der Waals surface area contributed by atoms with Crippen LogP contribution in [0.15, 0.2) is 23.1 Å². The number of sulfonamides is 1. The number of hydrogen-bond donors (Lipinski definition) is 1. The van der Waals surface area contributed by atoms with Gasteiger partial charge in [-0.25, -0.2) is 13.1 Å². The highest BCUT2D eigenvalue weighted by Crippen LogP contribution is 2.34. The second-order valence-corrected chi connectivity index (χ2v) is 11.2. The molecule has 8 nitrogen and oxygen atoms in total. The van der Waals surface area contributed by atoms with Crippen LogP contribution < -0.4 is 14.4 Å². The van der Waals surface area contributed by atoms with E-state index in [1.54, 1.807) is 11.0 Å². The summed E-state index contributed by atoms with van der Waals surface area (Å²) < 4.78 is 34.2. The van der Waals surface area contributed by atoms with Crippen LogP contribution in [0.2, 0.25) is 0 Å². The van der Waals surface area contributed by atoms with Gasteiger partial charge in [-0.3, -0.25) is 9.59 Å². The summed E-state index contributed by atoms with van der Waals surface area (Å²) in [4.78, 5) is 28.5. The lowest BCUT2D eigenvalue weighted by Gasteiger charge is -2.32. The molecule has 1 aromatic rings. The predicted octanol–water partition coefficient (Wildman–Crippen LogP) is 2.92. The van der Waals surface area contributed by atoms with Crippen LogP contribution in [0.5, 0.6) is 5.75 Å². The average Bonchev–Trinajstić information content (AvgIpc) is 3.11. The number of benzene rings is 1. The van der Waals surface area contributed by atoms with Gasteiger partial charge < -0.3 is 14.5 Å². The molecular weight excluding hydrogens is 442 g/mol. The van der Waals surface area contributed by atoms with Gasteiger partial charge in [0.25, 0.3) is 0 Å². The van der Waals surface area contributed by atoms with E-state index in [0.29, 0.717) is 37.0 Å². The van der Waals surface area contributed by atoms with Crippen LogP contribution in [0, 0.1) is 11.8 Å². The van der Waals surface area contributed by atoms with E-state index in [0.717, 1.165) is 51.6 Å². The van der Waals surface area contributed by atoms with E-state index in [4.69, 9.17) is 4.74 Å². The summed E-state index contributed by atoms with van der Waals surface area (Å²) in [6.07, 6.45) is 7.97. The van der Waals surface area contributed by atoms with Crippen LogP contribution in [0.4, 0.5) is 5.69 Å². The molecule has 1 saturated carbocycles. The van der Waals surface area contributed by atoms with Gasteiger partial charge in [-0.15, -0.1) is 0 Å². The van der Waals surface area contributed by atoms with E-state index < -0.39 is 10.0 Å². The minimum atomic E-state index is -3.71. The molecule has 2 amide bonds. The summed E-state index contributed by atoms with van der Waals surface area (Å²) in [7, 11) is -3.71. The van der Waals surface area contributed by atoms with Crippen molar-refractivity contribution in [3.8, 4) is 5.75 Å². The van der Waals surface area contributed by atoms with E-state index in [2.05, 4.69) is 4.72 Å². The lowest BCUT2D eigenvalue weighted by Crippen LogP contribution is -2.39. The lowest BCUT2D eigenvalue weighted by molar-refractivity contribution is -0.136. The van der Waals surface area contributed by atoms with Gasteiger partial charge in [-0.1, -0.05) is 12.8 Å². The third-order valence-corrected chi connectivity index (χ3v) is 8.58. The molecule has 3 aliphatic rings. The smallest absolute Gasteiger partial charge is 0.240 e. The average molecular weight is 478 g/mol. The van der Waals surface area contributed by atoms with Gasteiger partial charge in [-0.2, -0.15) is 0 Å². The van der Waals surface area contributed by atoms with Crippen molar-refractivity contribution in [3.05, 3.63) is 18.2 Å². The quantitative estimate of drug-likeness (QED) is 0.704. The molecule has 1 aliphatic carbocycles. The molecule has 0 unspecified atom stereocenters. The Morgan fingerprint density at radius 2 is 1.73 bits per heavy atom. The maximum Gasteiger partial charge on any atom is 0.240 e. The molecule has 0 atom stereocenters. The number of nitrogens with one attached hydrogen (secondary N) is 1. The Hall–Kier alpha value is -2.13. The molecule has 182 valence electrons. The number of carbonyl (C=O) groups excluding carboxylic acids is 2. The molecule has 2 heterocycles. The largest absolute Gasteiger partial charge is 0.490 e. The van der Waals surface area contributed by atoms with Gasteiger partial charge in [0.1, 0.15) is 12.4 Å². The maximum absolute atomic E-state index is 12.9. The molecule has 9 heteroatoms. The van der Waals surface area contributed by atoms with Crippen molar-refractivity contribution in [1.82, 2.24) is 9.62 Å². The van der Waals surface area contributed by atoms with E-state index in [1.807, 2.05) is 4.90 Å². The van der Waals surface area contributed by atoms with Gasteiger partial charge in [-0.05, 0) is 62.6 Å². The topological polar surface area (TPSA) is 96.0 Å². The summed E-state index contributed by atoms with van der Waals surface area (Å²) in [5, 5.41) is 0. The summed E-state index contributed by atoms with van der Waals surface area (Å²) >= 11 is 0. The summed E-state index contributed by atoms with van der Waals surface area (Å²) in [5.41, 5.74) is 0.490. The molecule has 1 saturated heterocycles. The minimum Gasteiger partial charge on any atom is -0.490 e. The van der Waals surface area contributed by atoms with Gasteiger partial charge >= 0.3 is 0 Å². The van der Waals surface area contributed by atoms with Crippen LogP contribution >= 0.6 is 0 Å². The second-order valence-electron chi connectivity index (χ2n) is 9.46. The van der Waals surface area contributed by atoms with Crippen molar-refractivity contribution in [2.45, 2.75) is 63.2 Å². The Balaban J connectivity index is 1.32. The molecule has 4 rings (SSSR count). The van der Waals surface area contributed by atoms with Crippen molar-refractivity contribution in [1.29, 1.82) is 0 Å². The van der Waals surface area contributed by atoms with Gasteiger partial charge in [0.05, 0.1) is 17.1 Å². The molecule has 2 fully saturated rings. The number of rotatable bonds is 5. The molecule has 33 heavy (non-hydrogen) atoms. The van der Waals surface area contributed by atoms with E-state index in [-0.39, 0.29) is 22.6 Å². The first-order valence-electron chi connectivity index (χ1n) is 12.2. The number of carbonyl (C=O) groups is 2. The third-order valence-electron chi connectivity index (χ3n) is 7.16. The highest BCUT2D eigenvalue weighted by atomic mass is 32.2. The SMILES string of the molecule is CC(=O)N1CCOc2ccc(S(=O)(=O)NCC3CCC(C(=O)N4CCCCCC4)CC3)cc21. The summed E-state index contributed by atoms with van der Waals surface area (Å²) in [6.45, 7) is 4.37. The van der Waals surface area contributed by atoms with Crippen LogP contribution in [-0.4, -0.2) is 57.9 Å². The van der Waals surface area contributed by atoms with Crippen LogP contribution in [0.1, 0.15) is 58.3 Å². The zero-order valence-electron chi connectivity index (χ0n) is 19.4. The van der Waals surface area contributed by atoms with Crippen LogP contribution in [-0.2, 0) is 19.6 Å². The van der Waals surface area contributed by atoms with Crippen molar-refractivity contribution < 1.29 is 22.7 Å². The van der Waals surface area contributed by atoms with Gasteiger partial charge in [0, 0.05) is 32.5 Å². The van der Waals surface area contributed by atoms with Gasteiger partial charge in [0.2, 0.25) is 21.8 Å². The molecule has 1 N–H and O–H groups in total. The van der Waals surface area contributed by atoms with Crippen LogP contribution in [0.3, 0.4) is 0 Å². The second kappa shape index (κ2) is 10.4. The normalized spacial score (nSPS) is 23.9. The van der Waals surface area contributed by atoms with E-state index >= 15 is 0 Å². The Kier molecular flexibility index (Phi) is 7.58. The summed E-state index contributed by atoms with van der Waals surface area (Å²) in [5.74, 6) is 0.968. The summed E-state index contributed by atoms with van der Waals surface area (Å²) in [6, 6.07) is 4.63. The molecule has 0 bridgehead atoms. The Morgan fingerprint density at radius 1 is 1.03 bits per heavy atom. The molecule has 2 aliphatic heterocycles. The lowest BCUT2D eigenvalue weighted by atomic mass is 9.81. The van der Waals surface area contributed by atoms with E-state index in [9.17, 15) is 18.0 Å². The molecule has 1 aromatic carbocycles. The Labute approximate surface area is 196 Å². The fraction of sp³-hybridized carbons (Fsp3) is 0.667. The molecule has 0 spiro atoms.